The van der Waals surface area contributed by atoms with E-state index in [1.165, 1.54) is 0 Å². The van der Waals surface area contributed by atoms with Crippen molar-refractivity contribution in [2.75, 3.05) is 0 Å². The van der Waals surface area contributed by atoms with Gasteiger partial charge in [0.15, 0.2) is 0 Å². The van der Waals surface area contributed by atoms with Gasteiger partial charge in [-0.25, -0.2) is 0 Å². The van der Waals surface area contributed by atoms with Crippen LogP contribution in [0.15, 0.2) is 0 Å². The Morgan fingerprint density at radius 1 is 1.00 bits per heavy atom. The SMILES string of the molecule is O=S(=O)(O)O.[Mn].[Mn].[O]=[Mn]. The monoisotopic (exact) mass is 279 g/mol. The van der Waals surface area contributed by atoms with Gasteiger partial charge in [-0.2, -0.15) is 8.42 Å². The van der Waals surface area contributed by atoms with E-state index in [2.05, 4.69) is 0 Å². The first-order valence-corrected chi connectivity index (χ1v) is 2.73. The molecule has 0 aromatic heterocycles. The van der Waals surface area contributed by atoms with Crippen molar-refractivity contribution in [1.29, 1.82) is 0 Å². The van der Waals surface area contributed by atoms with Crippen LogP contribution in [0.4, 0.5) is 0 Å². The second-order valence-corrected chi connectivity index (χ2v) is 1.34. The van der Waals surface area contributed by atoms with Crippen molar-refractivity contribution in [3.63, 3.8) is 0 Å². The molecule has 0 fully saturated rings. The standard InChI is InChI=1S/3Mn.H2O4S.O/c;;;1-5(2,3)4;/h;;;(H2,1,2,3,4);. The molecule has 0 rings (SSSR count). The maximum atomic E-state index is 8.74. The van der Waals surface area contributed by atoms with E-state index < -0.39 is 10.4 Å². The quantitative estimate of drug-likeness (QED) is 0.448. The van der Waals surface area contributed by atoms with E-state index in [1.807, 2.05) is 0 Å². The first-order chi connectivity index (χ1) is 3.00. The number of hydrogen-bond acceptors (Lipinski definition) is 3. The van der Waals surface area contributed by atoms with Crippen LogP contribution in [0.2, 0.25) is 0 Å². The zero-order valence-corrected chi connectivity index (χ0v) is 8.02. The van der Waals surface area contributed by atoms with Gasteiger partial charge in [0.1, 0.15) is 0 Å². The van der Waals surface area contributed by atoms with Gasteiger partial charge in [0.05, 0.1) is 0 Å². The maximum absolute atomic E-state index is 8.74. The second kappa shape index (κ2) is 12.0. The van der Waals surface area contributed by atoms with Gasteiger partial charge < -0.3 is 0 Å². The van der Waals surface area contributed by atoms with E-state index in [-0.39, 0.29) is 34.1 Å². The molecular formula is H2Mn3O5S. The minimum atomic E-state index is -4.67. The molecule has 0 aliphatic carbocycles. The zero-order chi connectivity index (χ0) is 6.50. The van der Waals surface area contributed by atoms with Crippen LogP contribution in [0, 0.1) is 0 Å². The van der Waals surface area contributed by atoms with Gasteiger partial charge in [0.2, 0.25) is 0 Å². The van der Waals surface area contributed by atoms with E-state index in [0.717, 1.165) is 0 Å². The van der Waals surface area contributed by atoms with Crippen LogP contribution < -0.4 is 0 Å². The zero-order valence-electron chi connectivity index (χ0n) is 3.66. The van der Waals surface area contributed by atoms with Gasteiger partial charge in [-0.05, 0) is 0 Å². The van der Waals surface area contributed by atoms with E-state index in [0.29, 0.717) is 0 Å². The summed E-state index contributed by atoms with van der Waals surface area (Å²) in [6.07, 6.45) is 0. The summed E-state index contributed by atoms with van der Waals surface area (Å²) in [4.78, 5) is 0. The predicted octanol–water partition coefficient (Wildman–Crippen LogP) is -0.779. The average Bonchev–Trinajstić information content (AvgIpc) is 1.36. The van der Waals surface area contributed by atoms with Crippen molar-refractivity contribution in [1.82, 2.24) is 0 Å². The Labute approximate surface area is 81.5 Å². The summed E-state index contributed by atoms with van der Waals surface area (Å²) < 4.78 is 39.6. The Balaban J connectivity index is -0.0000000286. The average molecular weight is 279 g/mol. The molecule has 0 heterocycles. The van der Waals surface area contributed by atoms with Crippen LogP contribution in [0.1, 0.15) is 0 Å². The summed E-state index contributed by atoms with van der Waals surface area (Å²) in [5.74, 6) is 0. The van der Waals surface area contributed by atoms with Crippen LogP contribution >= 0.6 is 0 Å². The predicted molar refractivity (Wildman–Crippen MR) is 14.9 cm³/mol. The number of hydrogen-bond donors (Lipinski definition) is 2. The number of rotatable bonds is 0. The van der Waals surface area contributed by atoms with Gasteiger partial charge in [0, 0.05) is 34.1 Å². The third kappa shape index (κ3) is 320. The Morgan fingerprint density at radius 2 is 1.00 bits per heavy atom. The van der Waals surface area contributed by atoms with Crippen molar-refractivity contribution in [2.45, 2.75) is 0 Å². The van der Waals surface area contributed by atoms with Crippen molar-refractivity contribution in [2.24, 2.45) is 0 Å². The fourth-order valence-electron chi connectivity index (χ4n) is 0. The van der Waals surface area contributed by atoms with Crippen LogP contribution in [0.5, 0.6) is 0 Å². The molecule has 0 aromatic carbocycles. The molecule has 9 heteroatoms. The van der Waals surface area contributed by atoms with Crippen molar-refractivity contribution >= 4 is 10.4 Å². The van der Waals surface area contributed by atoms with Crippen LogP contribution in [-0.2, 0) is 64.3 Å². The first-order valence-electron chi connectivity index (χ1n) is 0.853. The van der Waals surface area contributed by atoms with E-state index in [1.54, 1.807) is 15.9 Å². The van der Waals surface area contributed by atoms with Crippen molar-refractivity contribution in [3.8, 4) is 0 Å². The van der Waals surface area contributed by atoms with Gasteiger partial charge in [-0.3, -0.25) is 9.11 Å². The topological polar surface area (TPSA) is 91.7 Å². The Kier molecular flexibility index (Phi) is 29.8. The Hall–Kier alpha value is 1.23. The molecule has 5 nitrogen and oxygen atoms in total. The normalized spacial score (nSPS) is 6.89. The third-order valence-corrected chi connectivity index (χ3v) is 0. The summed E-state index contributed by atoms with van der Waals surface area (Å²) in [5.41, 5.74) is 0. The molecule has 0 aliphatic heterocycles. The molecule has 59 valence electrons. The molecule has 0 saturated heterocycles. The minimum absolute atomic E-state index is 0. The molecule has 2 radical (unpaired) electrons. The molecular weight excluding hydrogens is 277 g/mol. The van der Waals surface area contributed by atoms with E-state index in [9.17, 15) is 0 Å². The van der Waals surface area contributed by atoms with Crippen LogP contribution in [0.25, 0.3) is 0 Å². The molecule has 0 unspecified atom stereocenters. The fraction of sp³-hybridized carbons (Fsp3) is 0. The van der Waals surface area contributed by atoms with Crippen molar-refractivity contribution in [3.05, 3.63) is 0 Å². The molecule has 0 amide bonds. The van der Waals surface area contributed by atoms with E-state index >= 15 is 0 Å². The molecule has 0 spiro atoms. The molecule has 0 bridgehead atoms. The van der Waals surface area contributed by atoms with Crippen LogP contribution in [-0.4, -0.2) is 17.5 Å². The summed E-state index contributed by atoms with van der Waals surface area (Å²) in [6, 6.07) is 0. The van der Waals surface area contributed by atoms with Gasteiger partial charge in [0.25, 0.3) is 0 Å². The van der Waals surface area contributed by atoms with Gasteiger partial charge in [-0.1, -0.05) is 0 Å². The molecule has 0 saturated carbocycles. The second-order valence-electron chi connectivity index (χ2n) is 0.448. The van der Waals surface area contributed by atoms with Crippen molar-refractivity contribution < 1.29 is 71.4 Å². The Bertz CT molecular complexity index is 106. The van der Waals surface area contributed by atoms with Crippen LogP contribution in [0.3, 0.4) is 0 Å². The molecule has 0 aromatic rings. The summed E-state index contributed by atoms with van der Waals surface area (Å²) >= 11 is 1.69. The summed E-state index contributed by atoms with van der Waals surface area (Å²) in [6.45, 7) is 0. The molecule has 0 atom stereocenters. The Morgan fingerprint density at radius 3 is 1.00 bits per heavy atom. The molecule has 0 aliphatic rings. The third-order valence-electron chi connectivity index (χ3n) is 0. The summed E-state index contributed by atoms with van der Waals surface area (Å²) in [7, 11) is -4.67. The molecule has 9 heavy (non-hydrogen) atoms. The first kappa shape index (κ1) is 22.5. The fourth-order valence-corrected chi connectivity index (χ4v) is 0. The summed E-state index contributed by atoms with van der Waals surface area (Å²) in [5, 5.41) is 0. The van der Waals surface area contributed by atoms with E-state index in [4.69, 9.17) is 21.4 Å². The van der Waals surface area contributed by atoms with Gasteiger partial charge >= 0.3 is 30.2 Å². The molecule has 2 N–H and O–H groups in total. The van der Waals surface area contributed by atoms with Gasteiger partial charge in [-0.15, -0.1) is 0 Å².